The Bertz CT molecular complexity index is 1330. The quantitative estimate of drug-likeness (QED) is 0.209. The third kappa shape index (κ3) is 3.66. The van der Waals surface area contributed by atoms with Gasteiger partial charge in [-0.2, -0.15) is 0 Å². The number of esters is 1. The summed E-state index contributed by atoms with van der Waals surface area (Å²) in [5.41, 5.74) is 1.86. The summed E-state index contributed by atoms with van der Waals surface area (Å²) in [6.45, 7) is 8.98. The van der Waals surface area contributed by atoms with Gasteiger partial charge in [0.1, 0.15) is 29.3 Å². The number of hydrogen-bond acceptors (Lipinski definition) is 7. The highest BCUT2D eigenvalue weighted by Gasteiger charge is 2.37. The summed E-state index contributed by atoms with van der Waals surface area (Å²) < 4.78 is 16.5. The Morgan fingerprint density at radius 1 is 1.22 bits per heavy atom. The molecule has 7 heteroatoms. The molecule has 0 radical (unpaired) electrons. The van der Waals surface area contributed by atoms with Crippen LogP contribution in [-0.4, -0.2) is 23.5 Å². The number of phenolic OH excluding ortho intramolecular Hbond substituents is 1. The van der Waals surface area contributed by atoms with E-state index in [0.29, 0.717) is 23.5 Å². The van der Waals surface area contributed by atoms with Gasteiger partial charge in [0.25, 0.3) is 0 Å². The molecule has 0 saturated carbocycles. The van der Waals surface area contributed by atoms with Gasteiger partial charge in [0.05, 0.1) is 11.8 Å². The standard InChI is InChI=1S/C25H22O7/c1-12(2)11-30-16-7-5-15(6-8-16)17-10-19(28)32-25-21(14(4)26)23(29)20-13(3)9-18(27)31-24(20)22(17)25/h5-9,17,29H,1,10-11H2,2-4H3/t17-/m0/s1. The lowest BCUT2D eigenvalue weighted by Gasteiger charge is -2.28. The first-order chi connectivity index (χ1) is 15.2. The van der Waals surface area contributed by atoms with Crippen molar-refractivity contribution in [1.82, 2.24) is 0 Å². The van der Waals surface area contributed by atoms with Crippen molar-refractivity contribution in [3.63, 3.8) is 0 Å². The van der Waals surface area contributed by atoms with Crippen molar-refractivity contribution < 1.29 is 28.6 Å². The first-order valence-corrected chi connectivity index (χ1v) is 10.1. The van der Waals surface area contributed by atoms with Crippen molar-refractivity contribution in [2.45, 2.75) is 33.1 Å². The summed E-state index contributed by atoms with van der Waals surface area (Å²) in [6.07, 6.45) is -0.0200. The van der Waals surface area contributed by atoms with E-state index >= 15 is 0 Å². The molecule has 1 aromatic heterocycles. The van der Waals surface area contributed by atoms with Gasteiger partial charge < -0.3 is 19.0 Å². The normalized spacial score (nSPS) is 15.2. The Hall–Kier alpha value is -3.87. The number of carbonyl (C=O) groups is 2. The van der Waals surface area contributed by atoms with E-state index in [-0.39, 0.29) is 34.5 Å². The summed E-state index contributed by atoms with van der Waals surface area (Å²) in [5, 5.41) is 11.1. The topological polar surface area (TPSA) is 103 Å². The van der Waals surface area contributed by atoms with Gasteiger partial charge in [-0.25, -0.2) is 4.79 Å². The van der Waals surface area contributed by atoms with Gasteiger partial charge in [-0.3, -0.25) is 9.59 Å². The molecule has 1 aliphatic rings. The van der Waals surface area contributed by atoms with E-state index in [1.165, 1.54) is 13.0 Å². The monoisotopic (exact) mass is 434 g/mol. The highest BCUT2D eigenvalue weighted by molar-refractivity contribution is 6.09. The van der Waals surface area contributed by atoms with Crippen molar-refractivity contribution in [1.29, 1.82) is 0 Å². The molecule has 7 nitrogen and oxygen atoms in total. The van der Waals surface area contributed by atoms with Crippen LogP contribution in [0.15, 0.2) is 51.7 Å². The molecule has 1 atom stereocenters. The summed E-state index contributed by atoms with van der Waals surface area (Å²) in [4.78, 5) is 37.0. The lowest BCUT2D eigenvalue weighted by molar-refractivity contribution is -0.135. The third-order valence-electron chi connectivity index (χ3n) is 5.40. The fraction of sp³-hybridized carbons (Fsp3) is 0.240. The maximum atomic E-state index is 12.5. The molecule has 0 amide bonds. The summed E-state index contributed by atoms with van der Waals surface area (Å²) in [5.74, 6) is -1.38. The molecular formula is C25H22O7. The summed E-state index contributed by atoms with van der Waals surface area (Å²) in [7, 11) is 0. The minimum atomic E-state index is -0.605. The molecule has 1 aliphatic heterocycles. The number of phenols is 1. The maximum Gasteiger partial charge on any atom is 0.336 e. The van der Waals surface area contributed by atoms with E-state index in [1.807, 2.05) is 6.92 Å². The molecule has 32 heavy (non-hydrogen) atoms. The van der Waals surface area contributed by atoms with Crippen molar-refractivity contribution in [2.24, 2.45) is 0 Å². The van der Waals surface area contributed by atoms with Gasteiger partial charge in [-0.05, 0) is 49.6 Å². The van der Waals surface area contributed by atoms with Crippen molar-refractivity contribution >= 4 is 22.7 Å². The number of rotatable bonds is 5. The summed E-state index contributed by atoms with van der Waals surface area (Å²) >= 11 is 0. The zero-order chi connectivity index (χ0) is 23.2. The fourth-order valence-corrected chi connectivity index (χ4v) is 4.02. The molecular weight excluding hydrogens is 412 g/mol. The number of benzene rings is 2. The number of ketones is 1. The van der Waals surface area contributed by atoms with E-state index in [4.69, 9.17) is 13.9 Å². The van der Waals surface area contributed by atoms with Crippen molar-refractivity contribution in [2.75, 3.05) is 6.61 Å². The van der Waals surface area contributed by atoms with Crippen LogP contribution in [0.1, 0.15) is 53.2 Å². The first kappa shape index (κ1) is 21.4. The molecule has 0 saturated heterocycles. The third-order valence-corrected chi connectivity index (χ3v) is 5.40. The van der Waals surface area contributed by atoms with Gasteiger partial charge in [0, 0.05) is 17.5 Å². The van der Waals surface area contributed by atoms with E-state index in [1.54, 1.807) is 31.2 Å². The van der Waals surface area contributed by atoms with E-state index < -0.39 is 23.3 Å². The average molecular weight is 434 g/mol. The Morgan fingerprint density at radius 2 is 1.91 bits per heavy atom. The molecule has 2 aromatic carbocycles. The van der Waals surface area contributed by atoms with Crippen molar-refractivity contribution in [3.05, 3.63) is 75.2 Å². The van der Waals surface area contributed by atoms with Crippen LogP contribution in [0.4, 0.5) is 0 Å². The molecule has 0 spiro atoms. The zero-order valence-corrected chi connectivity index (χ0v) is 18.0. The maximum absolute atomic E-state index is 12.5. The molecule has 2 heterocycles. The predicted molar refractivity (Wildman–Crippen MR) is 118 cm³/mol. The van der Waals surface area contributed by atoms with Gasteiger partial charge >= 0.3 is 11.6 Å². The van der Waals surface area contributed by atoms with Crippen LogP contribution < -0.4 is 15.1 Å². The Morgan fingerprint density at radius 3 is 2.53 bits per heavy atom. The number of ether oxygens (including phenoxy) is 2. The molecule has 164 valence electrons. The molecule has 0 unspecified atom stereocenters. The zero-order valence-electron chi connectivity index (χ0n) is 18.0. The second-order valence-electron chi connectivity index (χ2n) is 8.02. The molecule has 1 N–H and O–H groups in total. The van der Waals surface area contributed by atoms with Gasteiger partial charge in [0.15, 0.2) is 11.5 Å². The Kier molecular flexibility index (Phi) is 5.34. The second kappa shape index (κ2) is 8.00. The van der Waals surface area contributed by atoms with Crippen LogP contribution >= 0.6 is 0 Å². The number of Topliss-reactive ketones (excluding diaryl/α,β-unsaturated/α-hetero) is 1. The van der Waals surface area contributed by atoms with E-state index in [0.717, 1.165) is 11.1 Å². The summed E-state index contributed by atoms with van der Waals surface area (Å²) in [6, 6.07) is 8.40. The van der Waals surface area contributed by atoms with Gasteiger partial charge in [0.2, 0.25) is 0 Å². The highest BCUT2D eigenvalue weighted by Crippen LogP contribution is 2.49. The molecule has 4 rings (SSSR count). The Labute approximate surface area is 183 Å². The van der Waals surface area contributed by atoms with Gasteiger partial charge in [-0.1, -0.05) is 18.7 Å². The number of hydrogen-bond donors (Lipinski definition) is 1. The van der Waals surface area contributed by atoms with E-state index in [9.17, 15) is 19.5 Å². The van der Waals surface area contributed by atoms with Crippen molar-refractivity contribution in [3.8, 4) is 17.2 Å². The SMILES string of the molecule is C=C(C)COc1ccc([C@@H]2CC(=O)Oc3c(C(C)=O)c(O)c4c(C)cc(=O)oc4c32)cc1. The molecule has 0 bridgehead atoms. The number of aromatic hydroxyl groups is 1. The highest BCUT2D eigenvalue weighted by atomic mass is 16.5. The van der Waals surface area contributed by atoms with E-state index in [2.05, 4.69) is 6.58 Å². The smallest absolute Gasteiger partial charge is 0.336 e. The minimum absolute atomic E-state index is 0.0200. The van der Waals surface area contributed by atoms with Gasteiger partial charge in [-0.15, -0.1) is 0 Å². The Balaban J connectivity index is 1.96. The fourth-order valence-electron chi connectivity index (χ4n) is 4.02. The van der Waals surface area contributed by atoms with Crippen LogP contribution in [0.5, 0.6) is 17.2 Å². The van der Waals surface area contributed by atoms with Crippen LogP contribution in [0.2, 0.25) is 0 Å². The number of carbonyl (C=O) groups excluding carboxylic acids is 2. The van der Waals surface area contributed by atoms with Crippen LogP contribution in [-0.2, 0) is 4.79 Å². The van der Waals surface area contributed by atoms with Crippen LogP contribution in [0.3, 0.4) is 0 Å². The van der Waals surface area contributed by atoms with Crippen LogP contribution in [0.25, 0.3) is 11.0 Å². The number of aryl methyl sites for hydroxylation is 1. The minimum Gasteiger partial charge on any atom is -0.506 e. The molecule has 0 fully saturated rings. The van der Waals surface area contributed by atoms with Crippen LogP contribution in [0, 0.1) is 6.92 Å². The predicted octanol–water partition coefficient (Wildman–Crippen LogP) is 4.41. The lowest BCUT2D eigenvalue weighted by atomic mass is 9.83. The largest absolute Gasteiger partial charge is 0.506 e. The second-order valence-corrected chi connectivity index (χ2v) is 8.02. The number of fused-ring (bicyclic) bond motifs is 3. The average Bonchev–Trinajstić information content (AvgIpc) is 2.71. The molecule has 0 aliphatic carbocycles. The first-order valence-electron chi connectivity index (χ1n) is 10.1. The lowest BCUT2D eigenvalue weighted by Crippen LogP contribution is -2.23. The molecule has 3 aromatic rings.